The Balaban J connectivity index is 1.76. The molecule has 0 saturated heterocycles. The van der Waals surface area contributed by atoms with Crippen LogP contribution >= 0.6 is 34.2 Å². The van der Waals surface area contributed by atoms with Crippen LogP contribution in [0.3, 0.4) is 0 Å². The Labute approximate surface area is 230 Å². The molecule has 0 heterocycles. The number of rotatable bonds is 10. The lowest BCUT2D eigenvalue weighted by Crippen LogP contribution is -2.21. The molecule has 0 atom stereocenters. The molecule has 186 valence electrons. The van der Waals surface area contributed by atoms with Crippen molar-refractivity contribution in [3.8, 4) is 17.6 Å². The first kappa shape index (κ1) is 27.4. The molecule has 0 radical (unpaired) electrons. The van der Waals surface area contributed by atoms with Gasteiger partial charge in [0, 0.05) is 29.5 Å². The van der Waals surface area contributed by atoms with Gasteiger partial charge in [0.15, 0.2) is 11.5 Å². The van der Waals surface area contributed by atoms with Crippen LogP contribution in [0.15, 0.2) is 66.2 Å². The highest BCUT2D eigenvalue weighted by Gasteiger charge is 2.15. The molecule has 0 aliphatic rings. The minimum Gasteiger partial charge on any atom is -0.493 e. The molecule has 8 heteroatoms. The van der Waals surface area contributed by atoms with Crippen molar-refractivity contribution in [2.75, 3.05) is 30.4 Å². The maximum absolute atomic E-state index is 12.8. The van der Waals surface area contributed by atoms with Gasteiger partial charge < -0.3 is 19.7 Å². The van der Waals surface area contributed by atoms with Gasteiger partial charge in [-0.15, -0.1) is 0 Å². The summed E-state index contributed by atoms with van der Waals surface area (Å²) in [7, 11) is 1.55. The number of amides is 1. The molecular formula is C28H27ClIN3O3. The fourth-order valence-electron chi connectivity index (χ4n) is 3.56. The van der Waals surface area contributed by atoms with Crippen LogP contribution < -0.4 is 19.7 Å². The zero-order valence-corrected chi connectivity index (χ0v) is 23.3. The predicted octanol–water partition coefficient (Wildman–Crippen LogP) is 6.92. The number of nitriles is 1. The third-order valence-electron chi connectivity index (χ3n) is 5.48. The number of methoxy groups -OCH3 is 1. The van der Waals surface area contributed by atoms with Gasteiger partial charge in [0.2, 0.25) is 0 Å². The fraction of sp³-hybridized carbons (Fsp3) is 0.214. The summed E-state index contributed by atoms with van der Waals surface area (Å²) < 4.78 is 12.3. The van der Waals surface area contributed by atoms with Gasteiger partial charge in [-0.05, 0) is 102 Å². The Kier molecular flexibility index (Phi) is 10.0. The lowest BCUT2D eigenvalue weighted by molar-refractivity contribution is -0.112. The van der Waals surface area contributed by atoms with E-state index in [0.29, 0.717) is 34.4 Å². The summed E-state index contributed by atoms with van der Waals surface area (Å²) in [5, 5.41) is 13.1. The van der Waals surface area contributed by atoms with Crippen LogP contribution in [0.5, 0.6) is 11.5 Å². The van der Waals surface area contributed by atoms with Crippen LogP contribution in [0.2, 0.25) is 5.02 Å². The highest BCUT2D eigenvalue weighted by Crippen LogP contribution is 2.35. The molecule has 36 heavy (non-hydrogen) atoms. The second-order valence-corrected chi connectivity index (χ2v) is 9.39. The molecule has 3 aromatic carbocycles. The van der Waals surface area contributed by atoms with E-state index >= 15 is 0 Å². The smallest absolute Gasteiger partial charge is 0.266 e. The van der Waals surface area contributed by atoms with Crippen LogP contribution in [0.25, 0.3) is 6.08 Å². The number of ether oxygens (including phenoxy) is 2. The maximum atomic E-state index is 12.8. The molecule has 0 aliphatic carbocycles. The standard InChI is InChI=1S/C28H27ClIN3O3/c1-4-33(5-2)24-12-10-23(11-13-24)32-28(34)21(17-31)14-20-15-25(30)27(26(16-20)35-3)36-18-19-6-8-22(29)9-7-19/h6-16H,4-5,18H2,1-3H3,(H,32,34)/b21-14-. The minimum atomic E-state index is -0.481. The third-order valence-corrected chi connectivity index (χ3v) is 6.53. The van der Waals surface area contributed by atoms with E-state index in [1.165, 1.54) is 6.08 Å². The SMILES string of the molecule is CCN(CC)c1ccc(NC(=O)/C(C#N)=C\c2cc(I)c(OCc3ccc(Cl)cc3)c(OC)c2)cc1. The van der Waals surface area contributed by atoms with Gasteiger partial charge in [-0.2, -0.15) is 5.26 Å². The molecule has 3 aromatic rings. The topological polar surface area (TPSA) is 74.6 Å². The van der Waals surface area contributed by atoms with Crippen molar-refractivity contribution in [3.63, 3.8) is 0 Å². The van der Waals surface area contributed by atoms with E-state index in [9.17, 15) is 10.1 Å². The van der Waals surface area contributed by atoms with Gasteiger partial charge in [0.1, 0.15) is 18.2 Å². The van der Waals surface area contributed by atoms with E-state index < -0.39 is 5.91 Å². The molecule has 0 unspecified atom stereocenters. The molecule has 6 nitrogen and oxygen atoms in total. The summed E-state index contributed by atoms with van der Waals surface area (Å²) in [6, 6.07) is 20.6. The van der Waals surface area contributed by atoms with Crippen molar-refractivity contribution in [1.82, 2.24) is 0 Å². The van der Waals surface area contributed by atoms with E-state index in [0.717, 1.165) is 27.9 Å². The Morgan fingerprint density at radius 1 is 1.11 bits per heavy atom. The number of nitrogens with one attached hydrogen (secondary N) is 1. The van der Waals surface area contributed by atoms with E-state index in [1.807, 2.05) is 60.7 Å². The van der Waals surface area contributed by atoms with Crippen molar-refractivity contribution in [1.29, 1.82) is 5.26 Å². The van der Waals surface area contributed by atoms with Crippen molar-refractivity contribution in [3.05, 3.63) is 86.0 Å². The second-order valence-electron chi connectivity index (χ2n) is 7.79. The quantitative estimate of drug-likeness (QED) is 0.152. The molecule has 0 spiro atoms. The van der Waals surface area contributed by atoms with Gasteiger partial charge in [0.25, 0.3) is 5.91 Å². The van der Waals surface area contributed by atoms with Gasteiger partial charge in [-0.25, -0.2) is 0 Å². The summed E-state index contributed by atoms with van der Waals surface area (Å²) in [4.78, 5) is 15.0. The average Bonchev–Trinajstić information content (AvgIpc) is 2.88. The zero-order valence-electron chi connectivity index (χ0n) is 20.3. The summed E-state index contributed by atoms with van der Waals surface area (Å²) in [6.07, 6.45) is 1.53. The predicted molar refractivity (Wildman–Crippen MR) is 154 cm³/mol. The van der Waals surface area contributed by atoms with Crippen molar-refractivity contribution in [2.24, 2.45) is 0 Å². The Morgan fingerprint density at radius 3 is 2.36 bits per heavy atom. The summed E-state index contributed by atoms with van der Waals surface area (Å²) in [5.74, 6) is 0.610. The third kappa shape index (κ3) is 7.15. The zero-order chi connectivity index (χ0) is 26.1. The molecule has 0 aliphatic heterocycles. The number of benzene rings is 3. The van der Waals surface area contributed by atoms with Gasteiger partial charge in [0.05, 0.1) is 10.7 Å². The first-order chi connectivity index (χ1) is 17.4. The number of hydrogen-bond donors (Lipinski definition) is 1. The number of halogens is 2. The maximum Gasteiger partial charge on any atom is 0.266 e. The normalized spacial score (nSPS) is 10.9. The Morgan fingerprint density at radius 2 is 1.78 bits per heavy atom. The number of carbonyl (C=O) groups excluding carboxylic acids is 1. The highest BCUT2D eigenvalue weighted by atomic mass is 127. The monoisotopic (exact) mass is 615 g/mol. The van der Waals surface area contributed by atoms with Crippen LogP contribution in [0.4, 0.5) is 11.4 Å². The lowest BCUT2D eigenvalue weighted by Gasteiger charge is -2.21. The summed E-state index contributed by atoms with van der Waals surface area (Å²) in [6.45, 7) is 6.33. The molecule has 0 aromatic heterocycles. The highest BCUT2D eigenvalue weighted by molar-refractivity contribution is 14.1. The first-order valence-corrected chi connectivity index (χ1v) is 12.9. The summed E-state index contributed by atoms with van der Waals surface area (Å²) in [5.41, 5.74) is 3.30. The molecule has 1 amide bonds. The van der Waals surface area contributed by atoms with Crippen LogP contribution in [0.1, 0.15) is 25.0 Å². The molecule has 1 N–H and O–H groups in total. The van der Waals surface area contributed by atoms with Gasteiger partial charge in [-0.3, -0.25) is 4.79 Å². The van der Waals surface area contributed by atoms with Crippen LogP contribution in [0, 0.1) is 14.9 Å². The van der Waals surface area contributed by atoms with E-state index in [1.54, 1.807) is 13.2 Å². The average molecular weight is 616 g/mol. The molecular weight excluding hydrogens is 589 g/mol. The first-order valence-electron chi connectivity index (χ1n) is 11.4. The Bertz CT molecular complexity index is 1260. The van der Waals surface area contributed by atoms with Crippen molar-refractivity contribution in [2.45, 2.75) is 20.5 Å². The van der Waals surface area contributed by atoms with E-state index in [-0.39, 0.29) is 5.57 Å². The molecule has 0 fully saturated rings. The van der Waals surface area contributed by atoms with Gasteiger partial charge >= 0.3 is 0 Å². The molecule has 3 rings (SSSR count). The number of hydrogen-bond acceptors (Lipinski definition) is 5. The number of carbonyl (C=O) groups is 1. The largest absolute Gasteiger partial charge is 0.493 e. The molecule has 0 bridgehead atoms. The summed E-state index contributed by atoms with van der Waals surface area (Å²) >= 11 is 8.10. The van der Waals surface area contributed by atoms with Crippen LogP contribution in [-0.2, 0) is 11.4 Å². The fourth-order valence-corrected chi connectivity index (χ4v) is 4.46. The van der Waals surface area contributed by atoms with Crippen molar-refractivity contribution < 1.29 is 14.3 Å². The number of anilines is 2. The number of nitrogens with zero attached hydrogens (tertiary/aromatic N) is 2. The second kappa shape index (κ2) is 13.2. The molecule has 0 saturated carbocycles. The van der Waals surface area contributed by atoms with Crippen molar-refractivity contribution >= 4 is 57.5 Å². The van der Waals surface area contributed by atoms with Gasteiger partial charge in [-0.1, -0.05) is 23.7 Å². The van der Waals surface area contributed by atoms with E-state index in [2.05, 4.69) is 46.7 Å². The van der Waals surface area contributed by atoms with E-state index in [4.69, 9.17) is 21.1 Å². The Hall–Kier alpha value is -3.22. The lowest BCUT2D eigenvalue weighted by atomic mass is 10.1. The minimum absolute atomic E-state index is 0.0181. The van der Waals surface area contributed by atoms with Crippen LogP contribution in [-0.4, -0.2) is 26.1 Å².